The van der Waals surface area contributed by atoms with Crippen LogP contribution in [0.1, 0.15) is 52.5 Å². The minimum atomic E-state index is -3.71. The molecule has 8 heteroatoms. The Balaban J connectivity index is 1.66. The molecule has 28 heavy (non-hydrogen) atoms. The predicted molar refractivity (Wildman–Crippen MR) is 108 cm³/mol. The third-order valence-corrected chi connectivity index (χ3v) is 6.36. The Morgan fingerprint density at radius 3 is 2.50 bits per heavy atom. The lowest BCUT2D eigenvalue weighted by atomic mass is 10.1. The van der Waals surface area contributed by atoms with Crippen molar-refractivity contribution in [1.29, 1.82) is 0 Å². The second kappa shape index (κ2) is 7.48. The van der Waals surface area contributed by atoms with E-state index in [-0.39, 0.29) is 47.2 Å². The maximum Gasteiger partial charge on any atom is 0.240 e. The van der Waals surface area contributed by atoms with Gasteiger partial charge in [-0.15, -0.1) is 0 Å². The largest absolute Gasteiger partial charge is 0.351 e. The summed E-state index contributed by atoms with van der Waals surface area (Å²) in [7, 11) is -3.71. The smallest absolute Gasteiger partial charge is 0.240 e. The number of carbonyl (C=O) groups excluding carboxylic acids is 2. The van der Waals surface area contributed by atoms with Gasteiger partial charge in [-0.05, 0) is 70.7 Å². The lowest BCUT2D eigenvalue weighted by Gasteiger charge is -2.22. The van der Waals surface area contributed by atoms with Crippen molar-refractivity contribution < 1.29 is 18.0 Å². The third kappa shape index (κ3) is 4.72. The van der Waals surface area contributed by atoms with Gasteiger partial charge in [-0.1, -0.05) is 0 Å². The van der Waals surface area contributed by atoms with E-state index in [9.17, 15) is 18.0 Å². The van der Waals surface area contributed by atoms with E-state index in [1.807, 2.05) is 32.6 Å². The van der Waals surface area contributed by atoms with Crippen molar-refractivity contribution in [2.75, 3.05) is 11.4 Å². The molecule has 1 aromatic carbocycles. The fourth-order valence-corrected chi connectivity index (χ4v) is 4.58. The van der Waals surface area contributed by atoms with Gasteiger partial charge in [0.05, 0.1) is 4.90 Å². The minimum Gasteiger partial charge on any atom is -0.351 e. The Morgan fingerprint density at radius 2 is 1.89 bits per heavy atom. The van der Waals surface area contributed by atoms with Crippen LogP contribution in [0.2, 0.25) is 0 Å². The minimum absolute atomic E-state index is 0.0318. The van der Waals surface area contributed by atoms with Crippen LogP contribution in [0.4, 0.5) is 5.69 Å². The first-order chi connectivity index (χ1) is 13.0. The summed E-state index contributed by atoms with van der Waals surface area (Å²) in [5, 5.41) is 2.80. The maximum atomic E-state index is 12.6. The van der Waals surface area contributed by atoms with Gasteiger partial charge in [0.2, 0.25) is 21.8 Å². The molecule has 1 fully saturated rings. The SMILES string of the molecule is C[C@@H]1Cc2cc(S(=O)(=O)NCCC(=O)NC(C)(C)C)ccc2N1C(=O)C1CC1. The summed E-state index contributed by atoms with van der Waals surface area (Å²) in [4.78, 5) is 26.3. The average Bonchev–Trinajstić information content (AvgIpc) is 3.34. The summed E-state index contributed by atoms with van der Waals surface area (Å²) < 4.78 is 27.7. The molecule has 1 aliphatic heterocycles. The van der Waals surface area contributed by atoms with Gasteiger partial charge in [-0.25, -0.2) is 13.1 Å². The number of rotatable bonds is 6. The van der Waals surface area contributed by atoms with Crippen molar-refractivity contribution in [3.8, 4) is 0 Å². The van der Waals surface area contributed by atoms with Gasteiger partial charge >= 0.3 is 0 Å². The zero-order valence-corrected chi connectivity index (χ0v) is 17.7. The summed E-state index contributed by atoms with van der Waals surface area (Å²) in [6.45, 7) is 7.64. The second-order valence-corrected chi connectivity index (χ2v) is 10.5. The normalized spacial score (nSPS) is 19.4. The molecule has 2 aliphatic rings. The number of carbonyl (C=O) groups is 2. The maximum absolute atomic E-state index is 12.6. The fraction of sp³-hybridized carbons (Fsp3) is 0.600. The molecule has 1 atom stereocenters. The number of hydrogen-bond donors (Lipinski definition) is 2. The van der Waals surface area contributed by atoms with Crippen molar-refractivity contribution >= 4 is 27.5 Å². The lowest BCUT2D eigenvalue weighted by Crippen LogP contribution is -2.41. The number of nitrogens with zero attached hydrogens (tertiary/aromatic N) is 1. The molecule has 0 aromatic heterocycles. The average molecular weight is 408 g/mol. The molecule has 3 rings (SSSR count). The standard InChI is InChI=1S/C20H29N3O4S/c1-13-11-15-12-16(7-8-17(15)23(13)19(25)14-5-6-14)28(26,27)21-10-9-18(24)22-20(2,3)4/h7-8,12-14,21H,5-6,9-11H2,1-4H3,(H,22,24)/t13-/m1/s1. The highest BCUT2D eigenvalue weighted by Crippen LogP contribution is 2.39. The summed E-state index contributed by atoms with van der Waals surface area (Å²) >= 11 is 0. The number of sulfonamides is 1. The summed E-state index contributed by atoms with van der Waals surface area (Å²) in [5.41, 5.74) is 1.33. The van der Waals surface area contributed by atoms with Crippen molar-refractivity contribution in [2.24, 2.45) is 5.92 Å². The number of benzene rings is 1. The molecule has 2 N–H and O–H groups in total. The Labute approximate surface area is 166 Å². The molecular weight excluding hydrogens is 378 g/mol. The third-order valence-electron chi connectivity index (χ3n) is 4.90. The molecule has 0 radical (unpaired) electrons. The number of amides is 2. The molecular formula is C20H29N3O4S. The van der Waals surface area contributed by atoms with E-state index in [1.165, 1.54) is 6.07 Å². The zero-order valence-electron chi connectivity index (χ0n) is 16.9. The first-order valence-electron chi connectivity index (χ1n) is 9.74. The number of anilines is 1. The highest BCUT2D eigenvalue weighted by molar-refractivity contribution is 7.89. The molecule has 2 amide bonds. The van der Waals surface area contributed by atoms with Crippen LogP contribution >= 0.6 is 0 Å². The van der Waals surface area contributed by atoms with Gasteiger partial charge in [0, 0.05) is 36.2 Å². The van der Waals surface area contributed by atoms with E-state index >= 15 is 0 Å². The van der Waals surface area contributed by atoms with Gasteiger partial charge in [0.15, 0.2) is 0 Å². The van der Waals surface area contributed by atoms with Crippen LogP contribution in [-0.2, 0) is 26.0 Å². The first kappa shape index (κ1) is 20.8. The molecule has 7 nitrogen and oxygen atoms in total. The fourth-order valence-electron chi connectivity index (χ4n) is 3.50. The summed E-state index contributed by atoms with van der Waals surface area (Å²) in [6.07, 6.45) is 2.60. The van der Waals surface area contributed by atoms with Crippen LogP contribution in [0, 0.1) is 5.92 Å². The van der Waals surface area contributed by atoms with E-state index in [0.29, 0.717) is 6.42 Å². The van der Waals surface area contributed by atoms with Gasteiger partial charge < -0.3 is 10.2 Å². The molecule has 1 aliphatic carbocycles. The van der Waals surface area contributed by atoms with E-state index < -0.39 is 10.0 Å². The highest BCUT2D eigenvalue weighted by atomic mass is 32.2. The van der Waals surface area contributed by atoms with E-state index in [4.69, 9.17) is 0 Å². The van der Waals surface area contributed by atoms with Crippen LogP contribution in [0.25, 0.3) is 0 Å². The van der Waals surface area contributed by atoms with E-state index in [2.05, 4.69) is 10.0 Å². The topological polar surface area (TPSA) is 95.6 Å². The quantitative estimate of drug-likeness (QED) is 0.753. The second-order valence-electron chi connectivity index (χ2n) is 8.77. The van der Waals surface area contributed by atoms with Crippen LogP contribution in [0.3, 0.4) is 0 Å². The molecule has 1 heterocycles. The van der Waals surface area contributed by atoms with Gasteiger partial charge in [0.1, 0.15) is 0 Å². The molecule has 0 unspecified atom stereocenters. The first-order valence-corrected chi connectivity index (χ1v) is 11.2. The molecule has 0 bridgehead atoms. The lowest BCUT2D eigenvalue weighted by molar-refractivity contribution is -0.122. The van der Waals surface area contributed by atoms with Gasteiger partial charge in [-0.2, -0.15) is 0 Å². The Bertz CT molecular complexity index is 885. The molecule has 0 saturated heterocycles. The van der Waals surface area contributed by atoms with Crippen molar-refractivity contribution in [2.45, 2.75) is 69.9 Å². The van der Waals surface area contributed by atoms with Crippen molar-refractivity contribution in [3.63, 3.8) is 0 Å². The van der Waals surface area contributed by atoms with Gasteiger partial charge in [0.25, 0.3) is 0 Å². The Kier molecular flexibility index (Phi) is 5.55. The Morgan fingerprint density at radius 1 is 1.21 bits per heavy atom. The van der Waals surface area contributed by atoms with Crippen LogP contribution in [0.5, 0.6) is 0 Å². The Hall–Kier alpha value is -1.93. The van der Waals surface area contributed by atoms with E-state index in [1.54, 1.807) is 12.1 Å². The van der Waals surface area contributed by atoms with Gasteiger partial charge in [-0.3, -0.25) is 9.59 Å². The summed E-state index contributed by atoms with van der Waals surface area (Å²) in [5.74, 6) is 0.0646. The number of nitrogens with one attached hydrogen (secondary N) is 2. The molecule has 0 spiro atoms. The molecule has 1 saturated carbocycles. The number of fused-ring (bicyclic) bond motifs is 1. The van der Waals surface area contributed by atoms with Crippen LogP contribution in [0.15, 0.2) is 23.1 Å². The van der Waals surface area contributed by atoms with Crippen LogP contribution in [-0.4, -0.2) is 38.4 Å². The molecule has 1 aromatic rings. The van der Waals surface area contributed by atoms with Crippen molar-refractivity contribution in [3.05, 3.63) is 23.8 Å². The monoisotopic (exact) mass is 407 g/mol. The summed E-state index contributed by atoms with van der Waals surface area (Å²) in [6, 6.07) is 4.93. The van der Waals surface area contributed by atoms with E-state index in [0.717, 1.165) is 24.1 Å². The predicted octanol–water partition coefficient (Wildman–Crippen LogP) is 1.96. The zero-order chi connectivity index (χ0) is 20.7. The van der Waals surface area contributed by atoms with Crippen molar-refractivity contribution in [1.82, 2.24) is 10.0 Å². The molecule has 154 valence electrons. The number of hydrogen-bond acceptors (Lipinski definition) is 4. The highest BCUT2D eigenvalue weighted by Gasteiger charge is 2.39. The van der Waals surface area contributed by atoms with Crippen LogP contribution < -0.4 is 14.9 Å².